The maximum atomic E-state index is 5.98. The van der Waals surface area contributed by atoms with Crippen LogP contribution in [0.15, 0.2) is 12.1 Å². The van der Waals surface area contributed by atoms with Crippen LogP contribution < -0.4 is 19.9 Å². The number of fused-ring (bicyclic) bond motifs is 1. The number of methoxy groups -OCH3 is 1. The summed E-state index contributed by atoms with van der Waals surface area (Å²) in [6.45, 7) is 4.16. The van der Waals surface area contributed by atoms with Gasteiger partial charge in [-0.15, -0.1) is 0 Å². The molecule has 6 heteroatoms. The van der Waals surface area contributed by atoms with Crippen molar-refractivity contribution in [2.75, 3.05) is 19.6 Å². The van der Waals surface area contributed by atoms with Crippen LogP contribution in [0.5, 0.6) is 17.2 Å². The van der Waals surface area contributed by atoms with E-state index in [2.05, 4.69) is 9.97 Å². The van der Waals surface area contributed by atoms with Gasteiger partial charge in [0.15, 0.2) is 17.3 Å². The highest BCUT2D eigenvalue weighted by Crippen LogP contribution is 2.43. The summed E-state index contributed by atoms with van der Waals surface area (Å²) < 4.78 is 16.1. The number of aromatic nitrogens is 2. The first-order valence-electron chi connectivity index (χ1n) is 6.75. The van der Waals surface area contributed by atoms with E-state index < -0.39 is 0 Å². The van der Waals surface area contributed by atoms with E-state index in [1.54, 1.807) is 7.11 Å². The van der Waals surface area contributed by atoms with Gasteiger partial charge >= 0.3 is 0 Å². The molecular weight excluding hydrogens is 270 g/mol. The van der Waals surface area contributed by atoms with Crippen LogP contribution in [0.1, 0.15) is 18.2 Å². The molecule has 0 saturated heterocycles. The Morgan fingerprint density at radius 1 is 1.29 bits per heavy atom. The predicted octanol–water partition coefficient (Wildman–Crippen LogP) is 2.33. The third-order valence-corrected chi connectivity index (χ3v) is 3.54. The number of ether oxygens (including phenoxy) is 3. The first kappa shape index (κ1) is 13.5. The summed E-state index contributed by atoms with van der Waals surface area (Å²) in [6.07, 6.45) is 0.799. The largest absolute Gasteiger partial charge is 0.493 e. The Kier molecular flexibility index (Phi) is 3.29. The van der Waals surface area contributed by atoms with Crippen LogP contribution in [0.4, 0.5) is 5.82 Å². The van der Waals surface area contributed by atoms with Crippen molar-refractivity contribution in [2.45, 2.75) is 20.3 Å². The van der Waals surface area contributed by atoms with Crippen LogP contribution in [-0.2, 0) is 6.42 Å². The van der Waals surface area contributed by atoms with Crippen LogP contribution in [0.3, 0.4) is 0 Å². The number of hydrogen-bond donors (Lipinski definition) is 1. The van der Waals surface area contributed by atoms with Crippen molar-refractivity contribution < 1.29 is 14.2 Å². The minimum absolute atomic E-state index is 0.187. The second-order valence-corrected chi connectivity index (χ2v) is 4.77. The fourth-order valence-corrected chi connectivity index (χ4v) is 2.31. The van der Waals surface area contributed by atoms with Gasteiger partial charge in [-0.05, 0) is 25.5 Å². The number of nitrogens with zero attached hydrogens (tertiary/aromatic N) is 2. The molecule has 1 aromatic carbocycles. The van der Waals surface area contributed by atoms with E-state index in [-0.39, 0.29) is 6.79 Å². The summed E-state index contributed by atoms with van der Waals surface area (Å²) >= 11 is 0. The third-order valence-electron chi connectivity index (χ3n) is 3.54. The van der Waals surface area contributed by atoms with Gasteiger partial charge in [-0.25, -0.2) is 9.97 Å². The van der Waals surface area contributed by atoms with E-state index >= 15 is 0 Å². The normalized spacial score (nSPS) is 12.5. The third kappa shape index (κ3) is 2.22. The van der Waals surface area contributed by atoms with Gasteiger partial charge in [0.25, 0.3) is 0 Å². The van der Waals surface area contributed by atoms with Gasteiger partial charge < -0.3 is 19.9 Å². The Balaban J connectivity index is 2.15. The van der Waals surface area contributed by atoms with Gasteiger partial charge in [-0.1, -0.05) is 6.92 Å². The van der Waals surface area contributed by atoms with Gasteiger partial charge in [-0.3, -0.25) is 0 Å². The number of aryl methyl sites for hydroxylation is 1. The Morgan fingerprint density at radius 3 is 2.81 bits per heavy atom. The average Bonchev–Trinajstić information content (AvgIpc) is 2.97. The second-order valence-electron chi connectivity index (χ2n) is 4.77. The molecular formula is C15H17N3O3. The minimum atomic E-state index is 0.187. The zero-order valence-corrected chi connectivity index (χ0v) is 12.3. The van der Waals surface area contributed by atoms with Crippen molar-refractivity contribution in [3.05, 3.63) is 23.4 Å². The van der Waals surface area contributed by atoms with Crippen LogP contribution in [0.25, 0.3) is 11.4 Å². The standard InChI is InChI=1S/C15H17N3O3/c1-4-10-8(2)14(16)18-15(17-10)9-5-11(19-3)13-12(6-9)20-7-21-13/h5-6H,4,7H2,1-3H3,(H2,16,17,18). The van der Waals surface area contributed by atoms with Crippen molar-refractivity contribution in [1.29, 1.82) is 0 Å². The minimum Gasteiger partial charge on any atom is -0.493 e. The molecule has 21 heavy (non-hydrogen) atoms. The summed E-state index contributed by atoms with van der Waals surface area (Å²) in [7, 11) is 1.59. The lowest BCUT2D eigenvalue weighted by Crippen LogP contribution is -2.04. The van der Waals surface area contributed by atoms with Crippen LogP contribution in [0.2, 0.25) is 0 Å². The zero-order chi connectivity index (χ0) is 15.0. The molecule has 3 rings (SSSR count). The zero-order valence-electron chi connectivity index (χ0n) is 12.3. The number of anilines is 1. The highest BCUT2D eigenvalue weighted by Gasteiger charge is 2.22. The molecule has 1 aromatic heterocycles. The molecule has 110 valence electrons. The van der Waals surface area contributed by atoms with Gasteiger partial charge in [0, 0.05) is 16.8 Å². The van der Waals surface area contributed by atoms with Gasteiger partial charge in [0.2, 0.25) is 12.5 Å². The number of benzene rings is 1. The molecule has 0 radical (unpaired) electrons. The number of nitrogen functional groups attached to an aromatic ring is 1. The molecule has 0 aliphatic carbocycles. The predicted molar refractivity (Wildman–Crippen MR) is 78.7 cm³/mol. The molecule has 0 unspecified atom stereocenters. The lowest BCUT2D eigenvalue weighted by atomic mass is 10.1. The Labute approximate surface area is 122 Å². The molecule has 0 atom stereocenters. The van der Waals surface area contributed by atoms with E-state index in [1.165, 1.54) is 0 Å². The molecule has 2 N–H and O–H groups in total. The number of rotatable bonds is 3. The van der Waals surface area contributed by atoms with E-state index in [4.69, 9.17) is 19.9 Å². The lowest BCUT2D eigenvalue weighted by molar-refractivity contribution is 0.171. The first-order valence-corrected chi connectivity index (χ1v) is 6.75. The summed E-state index contributed by atoms with van der Waals surface area (Å²) in [5.74, 6) is 2.89. The van der Waals surface area contributed by atoms with Crippen molar-refractivity contribution in [3.63, 3.8) is 0 Å². The van der Waals surface area contributed by atoms with Gasteiger partial charge in [0.1, 0.15) is 5.82 Å². The smallest absolute Gasteiger partial charge is 0.231 e. The summed E-state index contributed by atoms with van der Waals surface area (Å²) in [5, 5.41) is 0. The summed E-state index contributed by atoms with van der Waals surface area (Å²) in [6, 6.07) is 3.67. The van der Waals surface area contributed by atoms with Crippen LogP contribution >= 0.6 is 0 Å². The Morgan fingerprint density at radius 2 is 2.10 bits per heavy atom. The van der Waals surface area contributed by atoms with Crippen molar-refractivity contribution in [2.24, 2.45) is 0 Å². The fourth-order valence-electron chi connectivity index (χ4n) is 2.31. The van der Waals surface area contributed by atoms with E-state index in [0.717, 1.165) is 23.2 Å². The van der Waals surface area contributed by atoms with E-state index in [9.17, 15) is 0 Å². The molecule has 0 spiro atoms. The molecule has 0 fully saturated rings. The van der Waals surface area contributed by atoms with E-state index in [0.29, 0.717) is 28.9 Å². The molecule has 1 aliphatic rings. The molecule has 1 aliphatic heterocycles. The Hall–Kier alpha value is -2.50. The highest BCUT2D eigenvalue weighted by molar-refractivity contribution is 5.68. The second kappa shape index (κ2) is 5.12. The van der Waals surface area contributed by atoms with Crippen molar-refractivity contribution >= 4 is 5.82 Å². The topological polar surface area (TPSA) is 79.5 Å². The Bertz CT molecular complexity index is 701. The number of nitrogens with two attached hydrogens (primary N) is 1. The molecule has 2 aromatic rings. The SMILES string of the molecule is CCc1nc(-c2cc(OC)c3c(c2)OCO3)nc(N)c1C. The van der Waals surface area contributed by atoms with Crippen LogP contribution in [-0.4, -0.2) is 23.9 Å². The van der Waals surface area contributed by atoms with Crippen LogP contribution in [0, 0.1) is 6.92 Å². The van der Waals surface area contributed by atoms with E-state index in [1.807, 2.05) is 26.0 Å². The van der Waals surface area contributed by atoms with Crippen molar-refractivity contribution in [1.82, 2.24) is 9.97 Å². The highest BCUT2D eigenvalue weighted by atomic mass is 16.7. The van der Waals surface area contributed by atoms with Crippen molar-refractivity contribution in [3.8, 4) is 28.6 Å². The summed E-state index contributed by atoms with van der Waals surface area (Å²) in [5.41, 5.74) is 8.63. The van der Waals surface area contributed by atoms with Gasteiger partial charge in [-0.2, -0.15) is 0 Å². The lowest BCUT2D eigenvalue weighted by Gasteiger charge is -2.11. The maximum absolute atomic E-state index is 5.98. The molecule has 6 nitrogen and oxygen atoms in total. The fraction of sp³-hybridized carbons (Fsp3) is 0.333. The average molecular weight is 287 g/mol. The number of hydrogen-bond acceptors (Lipinski definition) is 6. The molecule has 0 bridgehead atoms. The molecule has 0 amide bonds. The quantitative estimate of drug-likeness (QED) is 0.933. The first-order chi connectivity index (χ1) is 10.1. The van der Waals surface area contributed by atoms with Gasteiger partial charge in [0.05, 0.1) is 7.11 Å². The summed E-state index contributed by atoms with van der Waals surface area (Å²) in [4.78, 5) is 8.95. The maximum Gasteiger partial charge on any atom is 0.231 e. The monoisotopic (exact) mass is 287 g/mol. The molecule has 0 saturated carbocycles. The molecule has 2 heterocycles.